The lowest BCUT2D eigenvalue weighted by Gasteiger charge is -2.31. The lowest BCUT2D eigenvalue weighted by atomic mass is 9.90. The van der Waals surface area contributed by atoms with Gasteiger partial charge in [0, 0.05) is 18.3 Å². The summed E-state index contributed by atoms with van der Waals surface area (Å²) >= 11 is 0. The zero-order chi connectivity index (χ0) is 13.8. The highest BCUT2D eigenvalue weighted by Gasteiger charge is 2.26. The van der Waals surface area contributed by atoms with E-state index in [4.69, 9.17) is 5.73 Å². The van der Waals surface area contributed by atoms with Crippen molar-refractivity contribution in [2.75, 3.05) is 6.54 Å². The fraction of sp³-hybridized carbons (Fsp3) is 0.538. The van der Waals surface area contributed by atoms with E-state index in [1.165, 1.54) is 6.20 Å². The van der Waals surface area contributed by atoms with Crippen LogP contribution < -0.4 is 11.1 Å². The van der Waals surface area contributed by atoms with Gasteiger partial charge in [0.05, 0.1) is 11.8 Å². The molecule has 1 rings (SSSR count). The van der Waals surface area contributed by atoms with Crippen LogP contribution in [0, 0.1) is 11.7 Å². The van der Waals surface area contributed by atoms with Crippen molar-refractivity contribution in [3.63, 3.8) is 0 Å². The van der Waals surface area contributed by atoms with Gasteiger partial charge in [0.1, 0.15) is 5.82 Å². The standard InChI is InChI=1S/C13H20FN3O.2ClH/c1-9(2)5-13(3,8-15)17-12(18)10-4-11(14)7-16-6-10;;/h4,6-7,9H,5,8,15H2,1-3H3,(H,17,18);2*1H. The van der Waals surface area contributed by atoms with Gasteiger partial charge in [0.2, 0.25) is 0 Å². The van der Waals surface area contributed by atoms with Crippen LogP contribution in [0.15, 0.2) is 18.5 Å². The highest BCUT2D eigenvalue weighted by Crippen LogP contribution is 2.16. The number of hydrogen-bond donors (Lipinski definition) is 2. The van der Waals surface area contributed by atoms with Crippen molar-refractivity contribution >= 4 is 30.7 Å². The second-order valence-corrected chi connectivity index (χ2v) is 5.21. The number of aromatic nitrogens is 1. The maximum absolute atomic E-state index is 13.0. The van der Waals surface area contributed by atoms with Crippen LogP contribution in [0.5, 0.6) is 0 Å². The summed E-state index contributed by atoms with van der Waals surface area (Å²) in [6, 6.07) is 1.16. The van der Waals surface area contributed by atoms with Crippen LogP contribution in [-0.4, -0.2) is 23.0 Å². The molecule has 3 N–H and O–H groups in total. The molecule has 1 heterocycles. The minimum atomic E-state index is -0.527. The maximum atomic E-state index is 13.0. The molecular formula is C13H22Cl2FN3O. The van der Waals surface area contributed by atoms with Gasteiger partial charge >= 0.3 is 0 Å². The van der Waals surface area contributed by atoms with E-state index < -0.39 is 11.4 Å². The van der Waals surface area contributed by atoms with Crippen molar-refractivity contribution in [3.05, 3.63) is 29.8 Å². The number of nitrogens with two attached hydrogens (primary N) is 1. The molecule has 0 aromatic carbocycles. The molecule has 116 valence electrons. The van der Waals surface area contributed by atoms with Crippen LogP contribution in [0.1, 0.15) is 37.6 Å². The number of halogens is 3. The van der Waals surface area contributed by atoms with Gasteiger partial charge in [-0.05, 0) is 25.3 Å². The first kappa shape index (κ1) is 21.4. The topological polar surface area (TPSA) is 68.0 Å². The first-order chi connectivity index (χ1) is 8.36. The van der Waals surface area contributed by atoms with Gasteiger partial charge in [-0.3, -0.25) is 9.78 Å². The molecule has 0 saturated carbocycles. The average molecular weight is 326 g/mol. The zero-order valence-electron chi connectivity index (χ0n) is 11.9. The van der Waals surface area contributed by atoms with Crippen LogP contribution in [0.4, 0.5) is 4.39 Å². The lowest BCUT2D eigenvalue weighted by molar-refractivity contribution is 0.0897. The average Bonchev–Trinajstić information content (AvgIpc) is 2.27. The molecule has 1 aromatic rings. The maximum Gasteiger partial charge on any atom is 0.253 e. The molecule has 0 bridgehead atoms. The SMILES string of the molecule is CC(C)CC(C)(CN)NC(=O)c1cncc(F)c1.Cl.Cl. The lowest BCUT2D eigenvalue weighted by Crippen LogP contribution is -2.52. The Kier molecular flexibility index (Phi) is 9.74. The quantitative estimate of drug-likeness (QED) is 0.874. The number of carbonyl (C=O) groups excluding carboxylic acids is 1. The minimum absolute atomic E-state index is 0. The van der Waals surface area contributed by atoms with E-state index in [-0.39, 0.29) is 36.3 Å². The summed E-state index contributed by atoms with van der Waals surface area (Å²) in [6.07, 6.45) is 3.16. The van der Waals surface area contributed by atoms with Crippen LogP contribution in [0.2, 0.25) is 0 Å². The Morgan fingerprint density at radius 3 is 2.50 bits per heavy atom. The van der Waals surface area contributed by atoms with Gasteiger partial charge < -0.3 is 11.1 Å². The van der Waals surface area contributed by atoms with E-state index in [1.807, 2.05) is 6.92 Å². The molecule has 0 radical (unpaired) electrons. The summed E-state index contributed by atoms with van der Waals surface area (Å²) in [5.74, 6) is -0.471. The van der Waals surface area contributed by atoms with Crippen molar-refractivity contribution in [3.8, 4) is 0 Å². The highest BCUT2D eigenvalue weighted by atomic mass is 35.5. The van der Waals surface area contributed by atoms with Gasteiger partial charge in [-0.25, -0.2) is 4.39 Å². The minimum Gasteiger partial charge on any atom is -0.346 e. The van der Waals surface area contributed by atoms with Gasteiger partial charge in [-0.2, -0.15) is 0 Å². The number of rotatable bonds is 5. The number of pyridine rings is 1. The third-order valence-corrected chi connectivity index (χ3v) is 2.69. The van der Waals surface area contributed by atoms with Crippen LogP contribution >= 0.6 is 24.8 Å². The highest BCUT2D eigenvalue weighted by molar-refractivity contribution is 5.94. The third-order valence-electron chi connectivity index (χ3n) is 2.69. The Balaban J connectivity index is 0. The van der Waals surface area contributed by atoms with Gasteiger partial charge in [0.25, 0.3) is 5.91 Å². The van der Waals surface area contributed by atoms with Crippen LogP contribution in [-0.2, 0) is 0 Å². The Bertz CT molecular complexity index is 432. The van der Waals surface area contributed by atoms with Crippen molar-refractivity contribution < 1.29 is 9.18 Å². The predicted octanol–water partition coefficient (Wildman–Crippen LogP) is 2.56. The molecule has 0 aliphatic carbocycles. The molecule has 0 saturated heterocycles. The summed E-state index contributed by atoms with van der Waals surface area (Å²) in [7, 11) is 0. The molecule has 1 aromatic heterocycles. The van der Waals surface area contributed by atoms with E-state index in [1.54, 1.807) is 0 Å². The molecule has 1 unspecified atom stereocenters. The van der Waals surface area contributed by atoms with E-state index in [9.17, 15) is 9.18 Å². The van der Waals surface area contributed by atoms with E-state index in [0.29, 0.717) is 12.5 Å². The number of nitrogens with zero attached hydrogens (tertiary/aromatic N) is 1. The zero-order valence-corrected chi connectivity index (χ0v) is 13.5. The smallest absolute Gasteiger partial charge is 0.253 e. The Morgan fingerprint density at radius 1 is 1.45 bits per heavy atom. The van der Waals surface area contributed by atoms with Crippen molar-refractivity contribution in [1.29, 1.82) is 0 Å². The first-order valence-corrected chi connectivity index (χ1v) is 5.99. The van der Waals surface area contributed by atoms with E-state index >= 15 is 0 Å². The molecule has 1 atom stereocenters. The second kappa shape index (κ2) is 9.10. The van der Waals surface area contributed by atoms with Crippen molar-refractivity contribution in [2.45, 2.75) is 32.7 Å². The van der Waals surface area contributed by atoms with Gasteiger partial charge in [-0.15, -0.1) is 24.8 Å². The van der Waals surface area contributed by atoms with Crippen molar-refractivity contribution in [2.24, 2.45) is 11.7 Å². The van der Waals surface area contributed by atoms with Crippen molar-refractivity contribution in [1.82, 2.24) is 10.3 Å². The summed E-state index contributed by atoms with van der Waals surface area (Å²) in [5, 5.41) is 2.85. The van der Waals surface area contributed by atoms with Gasteiger partial charge in [-0.1, -0.05) is 13.8 Å². The number of hydrogen-bond acceptors (Lipinski definition) is 3. The number of nitrogens with one attached hydrogen (secondary N) is 1. The monoisotopic (exact) mass is 325 g/mol. The molecular weight excluding hydrogens is 304 g/mol. The van der Waals surface area contributed by atoms with E-state index in [0.717, 1.165) is 18.7 Å². The van der Waals surface area contributed by atoms with Crippen LogP contribution in [0.3, 0.4) is 0 Å². The summed E-state index contributed by atoms with van der Waals surface area (Å²) in [5.41, 5.74) is 5.43. The molecule has 1 amide bonds. The molecule has 0 aliphatic rings. The molecule has 4 nitrogen and oxygen atoms in total. The molecule has 0 spiro atoms. The molecule has 0 aliphatic heterocycles. The van der Waals surface area contributed by atoms with E-state index in [2.05, 4.69) is 24.1 Å². The normalized spacial score (nSPS) is 12.9. The van der Waals surface area contributed by atoms with Gasteiger partial charge in [0.15, 0.2) is 0 Å². The summed E-state index contributed by atoms with van der Waals surface area (Å²) < 4.78 is 13.0. The first-order valence-electron chi connectivity index (χ1n) is 5.99. The fourth-order valence-corrected chi connectivity index (χ4v) is 1.97. The Hall–Kier alpha value is -0.910. The van der Waals surface area contributed by atoms with Crippen LogP contribution in [0.25, 0.3) is 0 Å². The summed E-state index contributed by atoms with van der Waals surface area (Å²) in [6.45, 7) is 6.34. The third kappa shape index (κ3) is 6.50. The number of carbonyl (C=O) groups is 1. The number of amides is 1. The molecule has 20 heavy (non-hydrogen) atoms. The second-order valence-electron chi connectivity index (χ2n) is 5.21. The molecule has 0 fully saturated rings. The Morgan fingerprint density at radius 2 is 2.05 bits per heavy atom. The largest absolute Gasteiger partial charge is 0.346 e. The predicted molar refractivity (Wildman–Crippen MR) is 83.1 cm³/mol. The summed E-state index contributed by atoms with van der Waals surface area (Å²) in [4.78, 5) is 15.6. The molecule has 7 heteroatoms. The fourth-order valence-electron chi connectivity index (χ4n) is 1.97. The Labute approximate surface area is 131 Å².